The van der Waals surface area contributed by atoms with Gasteiger partial charge in [-0.3, -0.25) is 9.69 Å². The average Bonchev–Trinajstić information content (AvgIpc) is 3.64. The standard InChI is InChI=1S/C40H58N2O4Si/c1-12-26-30(38(43)46-39(4,5)6)23-32(42-36-33(45-37(26)42)22-25-16-15-18-27(24(2)3)34(25)36)35-29(28-17-13-14-19-31(28)41-35)20-21-44-47(10,11)40(7,8)9/h13-19,24,26,30,32-33,36-37,41H,12,20-23H2,1-11H3/t26-,30+,32+,33-,36-,37-/m1/s1. The zero-order valence-electron chi connectivity index (χ0n) is 30.7. The Bertz CT molecular complexity index is 1610. The molecule has 0 bridgehead atoms. The van der Waals surface area contributed by atoms with Crippen LogP contribution in [-0.2, 0) is 31.5 Å². The normalized spacial score (nSPS) is 26.5. The lowest BCUT2D eigenvalue weighted by Gasteiger charge is -2.47. The molecule has 2 aromatic carbocycles. The minimum Gasteiger partial charge on any atom is -0.460 e. The molecule has 0 spiro atoms. The van der Waals surface area contributed by atoms with Gasteiger partial charge >= 0.3 is 5.97 Å². The van der Waals surface area contributed by atoms with Gasteiger partial charge in [-0.25, -0.2) is 0 Å². The van der Waals surface area contributed by atoms with E-state index >= 15 is 0 Å². The summed E-state index contributed by atoms with van der Waals surface area (Å²) >= 11 is 0. The van der Waals surface area contributed by atoms with Crippen LogP contribution in [0, 0.1) is 11.8 Å². The predicted octanol–water partition coefficient (Wildman–Crippen LogP) is 9.61. The third-order valence-corrected chi connectivity index (χ3v) is 16.1. The highest BCUT2D eigenvalue weighted by Gasteiger charge is 2.58. The van der Waals surface area contributed by atoms with Crippen molar-refractivity contribution in [1.82, 2.24) is 9.88 Å². The lowest BCUT2D eigenvalue weighted by atomic mass is 9.76. The third kappa shape index (κ3) is 6.26. The Morgan fingerprint density at radius 1 is 1.06 bits per heavy atom. The van der Waals surface area contributed by atoms with Crippen molar-refractivity contribution in [2.45, 2.75) is 142 Å². The van der Waals surface area contributed by atoms with Crippen molar-refractivity contribution in [2.75, 3.05) is 6.61 Å². The molecule has 2 saturated heterocycles. The second-order valence-electron chi connectivity index (χ2n) is 17.1. The smallest absolute Gasteiger partial charge is 0.309 e. The Hall–Kier alpha value is -2.45. The fourth-order valence-electron chi connectivity index (χ4n) is 8.29. The molecule has 1 aromatic heterocycles. The number of hydrogen-bond donors (Lipinski definition) is 1. The van der Waals surface area contributed by atoms with Crippen LogP contribution in [0.5, 0.6) is 0 Å². The molecule has 0 radical (unpaired) electrons. The van der Waals surface area contributed by atoms with Crippen molar-refractivity contribution in [3.8, 4) is 0 Å². The molecule has 256 valence electrons. The molecule has 6 rings (SSSR count). The van der Waals surface area contributed by atoms with Crippen molar-refractivity contribution < 1.29 is 18.7 Å². The SMILES string of the molecule is CC[C@@H]1[C@@H](C(=O)OC(C)(C)C)C[C@@H](c2[nH]c3ccccc3c2CCO[Si](C)(C)C(C)(C)C)N2[C@@H]1O[C@@H]1Cc3cccc(C(C)C)c3[C@@H]12. The first-order chi connectivity index (χ1) is 22.0. The summed E-state index contributed by atoms with van der Waals surface area (Å²) in [6.07, 6.45) is 3.18. The lowest BCUT2D eigenvalue weighted by Crippen LogP contribution is -2.51. The van der Waals surface area contributed by atoms with Crippen LogP contribution in [0.15, 0.2) is 42.5 Å². The molecule has 3 heterocycles. The predicted molar refractivity (Wildman–Crippen MR) is 193 cm³/mol. The van der Waals surface area contributed by atoms with Crippen molar-refractivity contribution in [2.24, 2.45) is 11.8 Å². The lowest BCUT2D eigenvalue weighted by molar-refractivity contribution is -0.176. The van der Waals surface area contributed by atoms with Crippen LogP contribution in [0.2, 0.25) is 18.1 Å². The number of carbonyl (C=O) groups excluding carboxylic acids is 1. The van der Waals surface area contributed by atoms with Gasteiger partial charge < -0.3 is 18.9 Å². The van der Waals surface area contributed by atoms with Crippen molar-refractivity contribution in [1.29, 1.82) is 0 Å². The number of hydrogen-bond acceptors (Lipinski definition) is 5. The first-order valence-electron chi connectivity index (χ1n) is 18.0. The molecule has 2 fully saturated rings. The third-order valence-electron chi connectivity index (χ3n) is 11.6. The summed E-state index contributed by atoms with van der Waals surface area (Å²) in [5.41, 5.74) is 7.37. The van der Waals surface area contributed by atoms with Crippen LogP contribution in [-0.4, -0.2) is 48.7 Å². The van der Waals surface area contributed by atoms with Gasteiger partial charge in [0.1, 0.15) is 11.8 Å². The van der Waals surface area contributed by atoms with Crippen molar-refractivity contribution >= 4 is 25.2 Å². The van der Waals surface area contributed by atoms with E-state index in [0.717, 1.165) is 24.8 Å². The Morgan fingerprint density at radius 2 is 1.79 bits per heavy atom. The summed E-state index contributed by atoms with van der Waals surface area (Å²) in [6.45, 7) is 25.0. The molecule has 0 saturated carbocycles. The Kier molecular flexibility index (Phi) is 9.12. The zero-order valence-corrected chi connectivity index (χ0v) is 31.7. The molecule has 6 nitrogen and oxygen atoms in total. The number of nitrogens with one attached hydrogen (secondary N) is 1. The van der Waals surface area contributed by atoms with Gasteiger partial charge in [-0.15, -0.1) is 0 Å². The van der Waals surface area contributed by atoms with E-state index in [-0.39, 0.29) is 47.3 Å². The van der Waals surface area contributed by atoms with Gasteiger partial charge in [-0.1, -0.05) is 77.9 Å². The second kappa shape index (κ2) is 12.5. The summed E-state index contributed by atoms with van der Waals surface area (Å²) in [4.78, 5) is 20.6. The van der Waals surface area contributed by atoms with Crippen molar-refractivity contribution in [3.05, 3.63) is 70.4 Å². The highest BCUT2D eigenvalue weighted by atomic mass is 28.4. The van der Waals surface area contributed by atoms with E-state index < -0.39 is 13.9 Å². The van der Waals surface area contributed by atoms with E-state index in [4.69, 9.17) is 13.9 Å². The average molecular weight is 659 g/mol. The molecule has 1 aliphatic carbocycles. The number of H-pyrrole nitrogens is 1. The highest BCUT2D eigenvalue weighted by Crippen LogP contribution is 2.57. The van der Waals surface area contributed by atoms with Crippen LogP contribution < -0.4 is 0 Å². The first-order valence-corrected chi connectivity index (χ1v) is 20.9. The van der Waals surface area contributed by atoms with Gasteiger partial charge in [0, 0.05) is 35.5 Å². The number of nitrogens with zero attached hydrogens (tertiary/aromatic N) is 1. The van der Waals surface area contributed by atoms with Gasteiger partial charge in [0.25, 0.3) is 0 Å². The van der Waals surface area contributed by atoms with E-state index in [1.807, 2.05) is 20.8 Å². The Labute approximate surface area is 284 Å². The maximum Gasteiger partial charge on any atom is 0.309 e. The van der Waals surface area contributed by atoms with Gasteiger partial charge in [-0.2, -0.15) is 0 Å². The molecule has 3 aromatic rings. The number of aromatic amines is 1. The second-order valence-corrected chi connectivity index (χ2v) is 21.9. The summed E-state index contributed by atoms with van der Waals surface area (Å²) in [7, 11) is -1.92. The quantitative estimate of drug-likeness (QED) is 0.193. The maximum absolute atomic E-state index is 14.0. The first kappa shape index (κ1) is 34.4. The van der Waals surface area contributed by atoms with Crippen LogP contribution in [0.3, 0.4) is 0 Å². The molecule has 0 unspecified atom stereocenters. The number of ether oxygens (including phenoxy) is 2. The molecule has 0 amide bonds. The topological polar surface area (TPSA) is 63.8 Å². The molecule has 47 heavy (non-hydrogen) atoms. The number of benzene rings is 2. The minimum absolute atomic E-state index is 0.0308. The highest BCUT2D eigenvalue weighted by molar-refractivity contribution is 6.74. The number of para-hydroxylation sites is 1. The largest absolute Gasteiger partial charge is 0.460 e. The van der Waals surface area contributed by atoms with E-state index in [9.17, 15) is 4.79 Å². The van der Waals surface area contributed by atoms with Crippen LogP contribution in [0.4, 0.5) is 0 Å². The van der Waals surface area contributed by atoms with Crippen molar-refractivity contribution in [3.63, 3.8) is 0 Å². The summed E-state index contributed by atoms with van der Waals surface area (Å²) in [5.74, 6) is 0.110. The number of esters is 1. The molecule has 7 heteroatoms. The van der Waals surface area contributed by atoms with E-state index in [2.05, 4.69) is 107 Å². The van der Waals surface area contributed by atoms with E-state index in [1.54, 1.807) is 0 Å². The zero-order chi connectivity index (χ0) is 34.1. The molecule has 2 aliphatic heterocycles. The number of fused-ring (bicyclic) bond motifs is 6. The number of aromatic nitrogens is 1. The fourth-order valence-corrected chi connectivity index (χ4v) is 9.34. The molecule has 3 aliphatic rings. The number of carbonyl (C=O) groups is 1. The van der Waals surface area contributed by atoms with E-state index in [1.165, 1.54) is 33.3 Å². The maximum atomic E-state index is 14.0. The van der Waals surface area contributed by atoms with Gasteiger partial charge in [0.2, 0.25) is 0 Å². The fraction of sp³-hybridized carbons (Fsp3) is 0.625. The Morgan fingerprint density at radius 3 is 2.45 bits per heavy atom. The monoisotopic (exact) mass is 658 g/mol. The molecule has 1 N–H and O–H groups in total. The summed E-state index contributed by atoms with van der Waals surface area (Å²) < 4.78 is 20.0. The van der Waals surface area contributed by atoms with Gasteiger partial charge in [0.15, 0.2) is 8.32 Å². The molecular formula is C40H58N2O4Si. The van der Waals surface area contributed by atoms with Crippen LogP contribution >= 0.6 is 0 Å². The molecule has 6 atom stereocenters. The van der Waals surface area contributed by atoms with Crippen LogP contribution in [0.25, 0.3) is 10.9 Å². The summed E-state index contributed by atoms with van der Waals surface area (Å²) in [5, 5.41) is 1.39. The van der Waals surface area contributed by atoms with Gasteiger partial charge in [-0.05, 0) is 92.4 Å². The number of rotatable bonds is 8. The van der Waals surface area contributed by atoms with Crippen LogP contribution in [0.1, 0.15) is 121 Å². The van der Waals surface area contributed by atoms with Gasteiger partial charge in [0.05, 0.1) is 24.1 Å². The summed E-state index contributed by atoms with van der Waals surface area (Å²) in [6, 6.07) is 15.6. The van der Waals surface area contributed by atoms with E-state index in [0.29, 0.717) is 18.9 Å². The minimum atomic E-state index is -1.92. The number of piperidine rings is 1. The Balaban J connectivity index is 1.47. The molecular weight excluding hydrogens is 601 g/mol.